The largest absolute Gasteiger partial charge is 0.361 e. The lowest BCUT2D eigenvalue weighted by Crippen LogP contribution is -2.55. The predicted molar refractivity (Wildman–Crippen MR) is 187 cm³/mol. The molecular weight excluding hydrogens is 686 g/mol. The Balaban J connectivity index is 1.43. The van der Waals surface area contributed by atoms with Crippen LogP contribution in [-0.4, -0.2) is 63.1 Å². The number of carbonyl (C=O) groups is 3. The fraction of sp³-hybridized carbons (Fsp3) is 0.343. The molecule has 2 atom stereocenters. The molecule has 0 bridgehead atoms. The number of thioether (sulfide) groups is 1. The van der Waals surface area contributed by atoms with E-state index in [0.717, 1.165) is 37.0 Å². The van der Waals surface area contributed by atoms with E-state index < -0.39 is 10.8 Å². The number of aromatic amines is 1. The Hall–Kier alpha value is -3.47. The van der Waals surface area contributed by atoms with E-state index in [1.54, 1.807) is 0 Å². The van der Waals surface area contributed by atoms with Gasteiger partial charge in [-0.15, -0.1) is 11.8 Å². The van der Waals surface area contributed by atoms with Crippen LogP contribution in [0.1, 0.15) is 48.9 Å². The number of benzene rings is 3. The first kappa shape index (κ1) is 32.5. The maximum Gasteiger partial charge on any atom is 0.314 e. The van der Waals surface area contributed by atoms with E-state index in [9.17, 15) is 9.59 Å². The molecule has 11 heteroatoms. The van der Waals surface area contributed by atoms with E-state index in [-0.39, 0.29) is 30.3 Å². The normalized spacial score (nSPS) is 20.3. The number of nitrogens with one attached hydrogen (secondary N) is 3. The highest BCUT2D eigenvalue weighted by Crippen LogP contribution is 2.55. The number of nitrogens with zero attached hydrogens (tertiary/aromatic N) is 2. The topological polar surface area (TPSA) is 97.5 Å². The van der Waals surface area contributed by atoms with Gasteiger partial charge in [0.2, 0.25) is 11.8 Å². The number of rotatable bonds is 8. The molecule has 0 aliphatic carbocycles. The van der Waals surface area contributed by atoms with Crippen LogP contribution >= 0.6 is 39.3 Å². The number of H-pyrrole nitrogens is 1. The number of aromatic nitrogens is 1. The molecule has 8 nitrogen and oxygen atoms in total. The molecule has 2 unspecified atom stereocenters. The number of aryl methyl sites for hydroxylation is 1. The van der Waals surface area contributed by atoms with E-state index in [1.165, 1.54) is 11.8 Å². The van der Waals surface area contributed by atoms with Gasteiger partial charge >= 0.3 is 6.03 Å². The number of urea groups is 1. The summed E-state index contributed by atoms with van der Waals surface area (Å²) < 4.78 is -0.186. The molecular formula is C35H37BrClN5O3S. The number of amides is 4. The van der Waals surface area contributed by atoms with E-state index >= 15 is 4.79 Å². The van der Waals surface area contributed by atoms with Crippen LogP contribution in [0.15, 0.2) is 82.3 Å². The lowest BCUT2D eigenvalue weighted by atomic mass is 9.89. The molecule has 240 valence electrons. The minimum atomic E-state index is -1.14. The van der Waals surface area contributed by atoms with Gasteiger partial charge in [-0.3, -0.25) is 9.59 Å². The van der Waals surface area contributed by atoms with Crippen molar-refractivity contribution >= 4 is 68.0 Å². The lowest BCUT2D eigenvalue weighted by molar-refractivity contribution is -0.135. The average Bonchev–Trinajstić information content (AvgIpc) is 3.56. The Morgan fingerprint density at radius 3 is 2.48 bits per heavy atom. The van der Waals surface area contributed by atoms with Gasteiger partial charge in [-0.1, -0.05) is 63.4 Å². The third kappa shape index (κ3) is 6.66. The summed E-state index contributed by atoms with van der Waals surface area (Å²) in [7, 11) is 0. The number of hydrogen-bond acceptors (Lipinski definition) is 4. The highest BCUT2D eigenvalue weighted by Gasteiger charge is 2.59. The molecule has 2 fully saturated rings. The summed E-state index contributed by atoms with van der Waals surface area (Å²) in [4.78, 5) is 49.6. The van der Waals surface area contributed by atoms with Crippen molar-refractivity contribution in [2.45, 2.75) is 61.4 Å². The standard InChI is InChI=1S/C35H37BrClN5O3S/c1-3-38-34(45)40-26-14-16-41(17-15-26)33(44)35(46-27-11-4-22(2)5-12-27)19-31(43)42(21-23-6-8-24(36)9-7-23)32(35)29-20-39-30-18-25(37)10-13-28(29)30/h4-13,18,20,26,32,39H,3,14-17,19,21H2,1-2H3,(H2,38,40,45). The van der Waals surface area contributed by atoms with Crippen molar-refractivity contribution in [3.8, 4) is 0 Å². The van der Waals surface area contributed by atoms with Crippen LogP contribution in [0.25, 0.3) is 10.9 Å². The van der Waals surface area contributed by atoms with Gasteiger partial charge in [-0.05, 0) is 68.7 Å². The summed E-state index contributed by atoms with van der Waals surface area (Å²) in [5.74, 6) is -0.133. The van der Waals surface area contributed by atoms with Crippen LogP contribution < -0.4 is 10.6 Å². The maximum absolute atomic E-state index is 15.1. The number of carbonyl (C=O) groups excluding carboxylic acids is 3. The molecule has 3 aromatic carbocycles. The van der Waals surface area contributed by atoms with Crippen LogP contribution in [0.3, 0.4) is 0 Å². The third-order valence-electron chi connectivity index (χ3n) is 8.86. The molecule has 6 rings (SSSR count). The van der Waals surface area contributed by atoms with Crippen LogP contribution in [-0.2, 0) is 16.1 Å². The van der Waals surface area contributed by atoms with Crippen LogP contribution in [0.4, 0.5) is 4.79 Å². The molecule has 0 radical (unpaired) electrons. The molecule has 46 heavy (non-hydrogen) atoms. The Labute approximate surface area is 286 Å². The molecule has 3 heterocycles. The maximum atomic E-state index is 15.1. The van der Waals surface area contributed by atoms with Gasteiger partial charge < -0.3 is 25.4 Å². The Bertz CT molecular complexity index is 1740. The second-order valence-electron chi connectivity index (χ2n) is 12.0. The van der Waals surface area contributed by atoms with E-state index in [1.807, 2.05) is 96.6 Å². The summed E-state index contributed by atoms with van der Waals surface area (Å²) in [5.41, 5.74) is 3.83. The van der Waals surface area contributed by atoms with E-state index in [2.05, 4.69) is 31.5 Å². The highest BCUT2D eigenvalue weighted by atomic mass is 79.9. The zero-order chi connectivity index (χ0) is 32.4. The SMILES string of the molecule is CCNC(=O)NC1CCN(C(=O)C2(Sc3ccc(C)cc3)CC(=O)N(Cc3ccc(Br)cc3)C2c2c[nH]c3cc(Cl)ccc23)CC1. The molecule has 2 aliphatic heterocycles. The van der Waals surface area contributed by atoms with Crippen LogP contribution in [0, 0.1) is 6.92 Å². The highest BCUT2D eigenvalue weighted by molar-refractivity contribution is 9.10. The Kier molecular flexibility index (Phi) is 9.68. The quantitative estimate of drug-likeness (QED) is 0.179. The fourth-order valence-corrected chi connectivity index (χ4v) is 8.49. The summed E-state index contributed by atoms with van der Waals surface area (Å²) >= 11 is 11.4. The predicted octanol–water partition coefficient (Wildman–Crippen LogP) is 7.21. The molecule has 0 spiro atoms. The van der Waals surface area contributed by atoms with Gasteiger partial charge in [0.15, 0.2) is 0 Å². The molecule has 3 N–H and O–H groups in total. The van der Waals surface area contributed by atoms with Crippen molar-refractivity contribution in [1.82, 2.24) is 25.4 Å². The van der Waals surface area contributed by atoms with Gasteiger partial charge in [0.1, 0.15) is 4.75 Å². The van der Waals surface area contributed by atoms with Gasteiger partial charge in [0, 0.05) is 69.3 Å². The minimum absolute atomic E-state index is 0.0235. The molecule has 4 aromatic rings. The molecule has 2 aliphatic rings. The zero-order valence-electron chi connectivity index (χ0n) is 25.8. The van der Waals surface area contributed by atoms with E-state index in [4.69, 9.17) is 11.6 Å². The van der Waals surface area contributed by atoms with Crippen molar-refractivity contribution in [2.24, 2.45) is 0 Å². The molecule has 2 saturated heterocycles. The number of piperidine rings is 1. The van der Waals surface area contributed by atoms with E-state index in [0.29, 0.717) is 44.0 Å². The minimum Gasteiger partial charge on any atom is -0.361 e. The second kappa shape index (κ2) is 13.7. The van der Waals surface area contributed by atoms with Crippen LogP contribution in [0.2, 0.25) is 5.02 Å². The summed E-state index contributed by atoms with van der Waals surface area (Å²) in [5, 5.41) is 7.36. The first-order chi connectivity index (χ1) is 22.2. The van der Waals surface area contributed by atoms with Crippen LogP contribution in [0.5, 0.6) is 0 Å². The number of hydrogen-bond donors (Lipinski definition) is 3. The van der Waals surface area contributed by atoms with Crippen molar-refractivity contribution in [3.05, 3.63) is 99.1 Å². The smallest absolute Gasteiger partial charge is 0.314 e. The van der Waals surface area contributed by atoms with Crippen molar-refractivity contribution in [2.75, 3.05) is 19.6 Å². The van der Waals surface area contributed by atoms with Crippen molar-refractivity contribution < 1.29 is 14.4 Å². The number of likely N-dealkylation sites (tertiary alicyclic amines) is 2. The van der Waals surface area contributed by atoms with Gasteiger partial charge in [0.05, 0.1) is 12.5 Å². The van der Waals surface area contributed by atoms with Crippen molar-refractivity contribution in [1.29, 1.82) is 0 Å². The van der Waals surface area contributed by atoms with Gasteiger partial charge in [0.25, 0.3) is 0 Å². The van der Waals surface area contributed by atoms with Crippen molar-refractivity contribution in [3.63, 3.8) is 0 Å². The Morgan fingerprint density at radius 2 is 1.78 bits per heavy atom. The van der Waals surface area contributed by atoms with Gasteiger partial charge in [-0.2, -0.15) is 0 Å². The fourth-order valence-electron chi connectivity index (χ4n) is 6.59. The Morgan fingerprint density at radius 1 is 1.07 bits per heavy atom. The zero-order valence-corrected chi connectivity index (χ0v) is 29.0. The number of halogens is 2. The lowest BCUT2D eigenvalue weighted by Gasteiger charge is -2.41. The average molecular weight is 723 g/mol. The monoisotopic (exact) mass is 721 g/mol. The number of fused-ring (bicyclic) bond motifs is 1. The second-order valence-corrected chi connectivity index (χ2v) is 14.8. The molecule has 4 amide bonds. The summed E-state index contributed by atoms with van der Waals surface area (Å²) in [6.07, 6.45) is 3.27. The molecule has 0 saturated carbocycles. The summed E-state index contributed by atoms with van der Waals surface area (Å²) in [6.45, 7) is 5.81. The summed E-state index contributed by atoms with van der Waals surface area (Å²) in [6, 6.07) is 21.0. The third-order valence-corrected chi connectivity index (χ3v) is 11.0. The van der Waals surface area contributed by atoms with Gasteiger partial charge in [-0.25, -0.2) is 4.79 Å². The first-order valence-electron chi connectivity index (χ1n) is 15.6. The first-order valence-corrected chi connectivity index (χ1v) is 17.6. The molecule has 1 aromatic heterocycles.